The van der Waals surface area contributed by atoms with Crippen molar-refractivity contribution in [3.05, 3.63) is 34.9 Å². The van der Waals surface area contributed by atoms with Crippen LogP contribution in [0.25, 0.3) is 0 Å². The Bertz CT molecular complexity index is 300. The average molecular weight is 270 g/mol. The van der Waals surface area contributed by atoms with Crippen LogP contribution in [-0.2, 0) is 11.3 Å². The molecule has 0 bridgehead atoms. The maximum Gasteiger partial charge on any atom is 0.0716 e. The second-order valence-corrected chi connectivity index (χ2v) is 4.88. The summed E-state index contributed by atoms with van der Waals surface area (Å²) >= 11 is 5.82. The van der Waals surface area contributed by atoms with Crippen molar-refractivity contribution in [2.24, 2.45) is 0 Å². The molecule has 0 saturated heterocycles. The Hall–Kier alpha value is -0.570. The summed E-state index contributed by atoms with van der Waals surface area (Å²) in [7, 11) is 0. The van der Waals surface area contributed by atoms with Crippen LogP contribution < -0.4 is 5.32 Å². The van der Waals surface area contributed by atoms with E-state index >= 15 is 0 Å². The van der Waals surface area contributed by atoms with Gasteiger partial charge in [-0.3, -0.25) is 0 Å². The lowest BCUT2D eigenvalue weighted by molar-refractivity contribution is 0.116. The molecule has 0 aliphatic heterocycles. The predicted molar refractivity (Wildman–Crippen MR) is 78.1 cm³/mol. The van der Waals surface area contributed by atoms with E-state index in [2.05, 4.69) is 12.2 Å². The number of hydrogen-bond acceptors (Lipinski definition) is 2. The molecule has 1 rings (SSSR count). The summed E-state index contributed by atoms with van der Waals surface area (Å²) in [6, 6.07) is 7.83. The van der Waals surface area contributed by atoms with Crippen molar-refractivity contribution in [1.82, 2.24) is 5.32 Å². The molecule has 0 spiro atoms. The molecule has 1 aromatic carbocycles. The van der Waals surface area contributed by atoms with Gasteiger partial charge in [-0.2, -0.15) is 0 Å². The SMILES string of the molecule is CCNCCCCCCOCc1ccc(Cl)cc1. The summed E-state index contributed by atoms with van der Waals surface area (Å²) < 4.78 is 5.63. The van der Waals surface area contributed by atoms with Gasteiger partial charge in [0.05, 0.1) is 6.61 Å². The second kappa shape index (κ2) is 10.4. The lowest BCUT2D eigenvalue weighted by Gasteiger charge is -2.05. The van der Waals surface area contributed by atoms with Crippen molar-refractivity contribution < 1.29 is 4.74 Å². The van der Waals surface area contributed by atoms with Crippen molar-refractivity contribution >= 4 is 11.6 Å². The highest BCUT2D eigenvalue weighted by atomic mass is 35.5. The van der Waals surface area contributed by atoms with Crippen LogP contribution in [0.2, 0.25) is 5.02 Å². The van der Waals surface area contributed by atoms with E-state index in [9.17, 15) is 0 Å². The number of rotatable bonds is 10. The van der Waals surface area contributed by atoms with Gasteiger partial charge >= 0.3 is 0 Å². The molecule has 2 nitrogen and oxygen atoms in total. The van der Waals surface area contributed by atoms with Crippen molar-refractivity contribution in [2.45, 2.75) is 39.2 Å². The molecule has 0 aliphatic rings. The Morgan fingerprint density at radius 1 is 1.06 bits per heavy atom. The van der Waals surface area contributed by atoms with Crippen LogP contribution in [0.4, 0.5) is 0 Å². The fraction of sp³-hybridized carbons (Fsp3) is 0.600. The zero-order chi connectivity index (χ0) is 13.1. The number of ether oxygens (including phenoxy) is 1. The van der Waals surface area contributed by atoms with E-state index in [4.69, 9.17) is 16.3 Å². The first-order valence-corrected chi connectivity index (χ1v) is 7.23. The molecule has 0 unspecified atom stereocenters. The molecule has 1 aromatic rings. The van der Waals surface area contributed by atoms with E-state index in [0.29, 0.717) is 6.61 Å². The number of unbranched alkanes of at least 4 members (excludes halogenated alkanes) is 3. The number of nitrogens with one attached hydrogen (secondary N) is 1. The predicted octanol–water partition coefficient (Wildman–Crippen LogP) is 4.03. The lowest BCUT2D eigenvalue weighted by Crippen LogP contribution is -2.13. The molecule has 0 amide bonds. The van der Waals surface area contributed by atoms with E-state index in [1.807, 2.05) is 24.3 Å². The molecule has 0 saturated carbocycles. The third-order valence-corrected chi connectivity index (χ3v) is 3.08. The maximum atomic E-state index is 5.82. The van der Waals surface area contributed by atoms with Gasteiger partial charge in [0.1, 0.15) is 0 Å². The van der Waals surface area contributed by atoms with Gasteiger partial charge in [-0.1, -0.05) is 43.5 Å². The van der Waals surface area contributed by atoms with Gasteiger partial charge in [0.2, 0.25) is 0 Å². The molecule has 3 heteroatoms. The largest absolute Gasteiger partial charge is 0.377 e. The summed E-state index contributed by atoms with van der Waals surface area (Å²) in [5.41, 5.74) is 1.19. The third-order valence-electron chi connectivity index (χ3n) is 2.82. The smallest absolute Gasteiger partial charge is 0.0716 e. The quantitative estimate of drug-likeness (QED) is 0.648. The zero-order valence-corrected chi connectivity index (χ0v) is 12.0. The lowest BCUT2D eigenvalue weighted by atomic mass is 10.2. The van der Waals surface area contributed by atoms with Crippen molar-refractivity contribution in [1.29, 1.82) is 0 Å². The van der Waals surface area contributed by atoms with E-state index in [-0.39, 0.29) is 0 Å². The molecule has 0 radical (unpaired) electrons. The van der Waals surface area contributed by atoms with Gasteiger partial charge in [0.25, 0.3) is 0 Å². The topological polar surface area (TPSA) is 21.3 Å². The molecule has 0 atom stereocenters. The van der Waals surface area contributed by atoms with E-state index in [1.165, 1.54) is 24.8 Å². The second-order valence-electron chi connectivity index (χ2n) is 4.45. The highest BCUT2D eigenvalue weighted by Gasteiger charge is 1.94. The highest BCUT2D eigenvalue weighted by molar-refractivity contribution is 6.30. The van der Waals surface area contributed by atoms with Crippen LogP contribution in [0.1, 0.15) is 38.2 Å². The first-order chi connectivity index (χ1) is 8.83. The number of benzene rings is 1. The van der Waals surface area contributed by atoms with Crippen LogP contribution in [0.15, 0.2) is 24.3 Å². The van der Waals surface area contributed by atoms with Crippen LogP contribution in [-0.4, -0.2) is 19.7 Å². The van der Waals surface area contributed by atoms with Gasteiger partial charge in [0, 0.05) is 11.6 Å². The molecule has 0 fully saturated rings. The third kappa shape index (κ3) is 7.70. The molecule has 18 heavy (non-hydrogen) atoms. The molecule has 1 N–H and O–H groups in total. The summed E-state index contributed by atoms with van der Waals surface area (Å²) in [6.07, 6.45) is 4.97. The van der Waals surface area contributed by atoms with Crippen LogP contribution in [0.3, 0.4) is 0 Å². The molecule has 0 aromatic heterocycles. The van der Waals surface area contributed by atoms with Crippen molar-refractivity contribution in [2.75, 3.05) is 19.7 Å². The Morgan fingerprint density at radius 2 is 1.78 bits per heavy atom. The minimum absolute atomic E-state index is 0.689. The van der Waals surface area contributed by atoms with Gasteiger partial charge in [-0.25, -0.2) is 0 Å². The fourth-order valence-electron chi connectivity index (χ4n) is 1.76. The maximum absolute atomic E-state index is 5.82. The Kier molecular flexibility index (Phi) is 8.92. The highest BCUT2D eigenvalue weighted by Crippen LogP contribution is 2.10. The summed E-state index contributed by atoms with van der Waals surface area (Å²) in [5, 5.41) is 4.11. The standard InChI is InChI=1S/C15H24ClNO/c1-2-17-11-5-3-4-6-12-18-13-14-7-9-15(16)10-8-14/h7-10,17H,2-6,11-13H2,1H3. The number of halogens is 1. The summed E-state index contributed by atoms with van der Waals surface area (Å²) in [6.45, 7) is 5.90. The summed E-state index contributed by atoms with van der Waals surface area (Å²) in [5.74, 6) is 0. The van der Waals surface area contributed by atoms with Gasteiger partial charge in [-0.15, -0.1) is 0 Å². The zero-order valence-electron chi connectivity index (χ0n) is 11.3. The average Bonchev–Trinajstić information content (AvgIpc) is 2.39. The van der Waals surface area contributed by atoms with Gasteiger partial charge in [0.15, 0.2) is 0 Å². The molecule has 0 aliphatic carbocycles. The van der Waals surface area contributed by atoms with Crippen LogP contribution in [0.5, 0.6) is 0 Å². The van der Waals surface area contributed by atoms with Crippen LogP contribution in [0, 0.1) is 0 Å². The Balaban J connectivity index is 1.91. The normalized spacial score (nSPS) is 10.8. The summed E-state index contributed by atoms with van der Waals surface area (Å²) in [4.78, 5) is 0. The van der Waals surface area contributed by atoms with Crippen molar-refractivity contribution in [3.63, 3.8) is 0 Å². The molecular weight excluding hydrogens is 246 g/mol. The van der Waals surface area contributed by atoms with E-state index < -0.39 is 0 Å². The minimum atomic E-state index is 0.689. The Morgan fingerprint density at radius 3 is 2.50 bits per heavy atom. The van der Waals surface area contributed by atoms with Crippen molar-refractivity contribution in [3.8, 4) is 0 Å². The first-order valence-electron chi connectivity index (χ1n) is 6.86. The van der Waals surface area contributed by atoms with E-state index in [0.717, 1.165) is 31.1 Å². The first kappa shape index (κ1) is 15.5. The van der Waals surface area contributed by atoms with Crippen LogP contribution >= 0.6 is 11.6 Å². The minimum Gasteiger partial charge on any atom is -0.377 e. The monoisotopic (exact) mass is 269 g/mol. The van der Waals surface area contributed by atoms with E-state index in [1.54, 1.807) is 0 Å². The number of hydrogen-bond donors (Lipinski definition) is 1. The fourth-order valence-corrected chi connectivity index (χ4v) is 1.88. The molecule has 102 valence electrons. The Labute approximate surface area is 116 Å². The van der Waals surface area contributed by atoms with Gasteiger partial charge < -0.3 is 10.1 Å². The van der Waals surface area contributed by atoms with Gasteiger partial charge in [-0.05, 0) is 43.6 Å². The molecular formula is C15H24ClNO. The molecule has 0 heterocycles.